The minimum Gasteiger partial charge on any atom is -0.512 e. The van der Waals surface area contributed by atoms with Crippen LogP contribution in [0.2, 0.25) is 0 Å². The summed E-state index contributed by atoms with van der Waals surface area (Å²) in [5.41, 5.74) is 0. The number of ether oxygens (including phenoxy) is 1. The summed E-state index contributed by atoms with van der Waals surface area (Å²) in [5.74, 6) is 2.64. The minimum atomic E-state index is 0.333. The Morgan fingerprint density at radius 3 is 3.00 bits per heavy atom. The first-order valence-corrected chi connectivity index (χ1v) is 2.99. The molecule has 0 rings (SSSR count). The predicted molar refractivity (Wildman–Crippen MR) is 39.5 cm³/mol. The zero-order valence-corrected chi connectivity index (χ0v) is 6.25. The summed E-state index contributed by atoms with van der Waals surface area (Å²) < 4.78 is 7.22. The molecule has 0 bridgehead atoms. The largest absolute Gasteiger partial charge is 0.512 e. The lowest BCUT2D eigenvalue weighted by molar-refractivity contribution is 0.280. The van der Waals surface area contributed by atoms with E-state index in [2.05, 4.69) is 14.6 Å². The summed E-state index contributed by atoms with van der Waals surface area (Å²) in [6, 6.07) is 0. The Balaban J connectivity index is 3.01. The number of aliphatic hydroxyl groups is 1. The molecule has 0 fully saturated rings. The summed E-state index contributed by atoms with van der Waals surface area (Å²) in [7, 11) is 0. The summed E-state index contributed by atoms with van der Waals surface area (Å²) in [5, 5.41) is 8.01. The molecule has 0 aromatic rings. The Morgan fingerprint density at radius 1 is 1.75 bits per heavy atom. The van der Waals surface area contributed by atoms with Crippen molar-refractivity contribution in [2.24, 2.45) is 0 Å². The van der Waals surface area contributed by atoms with Crippen LogP contribution in [-0.4, -0.2) is 11.7 Å². The van der Waals surface area contributed by atoms with Crippen molar-refractivity contribution in [3.63, 3.8) is 0 Å². The van der Waals surface area contributed by atoms with Crippen LogP contribution in [0.15, 0.2) is 12.5 Å². The fraction of sp³-hybridized carbons (Fsp3) is 0.200. The Morgan fingerprint density at radius 2 is 2.50 bits per heavy atom. The van der Waals surface area contributed by atoms with Gasteiger partial charge in [0.1, 0.15) is 19.1 Å². The van der Waals surface area contributed by atoms with E-state index in [9.17, 15) is 0 Å². The molecule has 1 N–H and O–H groups in total. The predicted octanol–water partition coefficient (Wildman–Crippen LogP) is 1.43. The quantitative estimate of drug-likeness (QED) is 0.332. The number of hydrogen-bond acceptors (Lipinski definition) is 2. The van der Waals surface area contributed by atoms with Crippen LogP contribution in [0.1, 0.15) is 0 Å². The molecule has 0 aromatic heterocycles. The van der Waals surface area contributed by atoms with Crippen LogP contribution in [-0.2, 0) is 4.74 Å². The normalized spacial score (nSPS) is 8.12. The highest BCUT2D eigenvalue weighted by molar-refractivity contribution is 14.1. The fourth-order valence-electron chi connectivity index (χ4n) is 0.160. The molecule has 0 unspecified atom stereocenters. The molecule has 0 spiro atoms. The molecule has 8 heavy (non-hydrogen) atoms. The van der Waals surface area contributed by atoms with E-state index < -0.39 is 0 Å². The molecule has 44 valence electrons. The van der Waals surface area contributed by atoms with Gasteiger partial charge in [0.2, 0.25) is 0 Å². The third-order valence-corrected chi connectivity index (χ3v) is 0.761. The van der Waals surface area contributed by atoms with E-state index in [1.54, 1.807) is 0 Å². The van der Waals surface area contributed by atoms with Crippen LogP contribution in [0, 0.1) is 9.85 Å². The maximum atomic E-state index is 8.01. The highest BCUT2D eigenvalue weighted by atomic mass is 127. The first kappa shape index (κ1) is 7.63. The smallest absolute Gasteiger partial charge is 0.149 e. The average molecular weight is 224 g/mol. The van der Waals surface area contributed by atoms with E-state index >= 15 is 0 Å². The van der Waals surface area contributed by atoms with Crippen molar-refractivity contribution in [1.82, 2.24) is 0 Å². The molecule has 3 heteroatoms. The number of aliphatic hydroxyl groups excluding tert-OH is 1. The number of hydrogen-bond donors (Lipinski definition) is 1. The second-order valence-corrected chi connectivity index (χ2v) is 1.41. The van der Waals surface area contributed by atoms with E-state index in [1.807, 2.05) is 22.6 Å². The maximum Gasteiger partial charge on any atom is 0.149 e. The van der Waals surface area contributed by atoms with E-state index in [4.69, 9.17) is 5.11 Å². The van der Waals surface area contributed by atoms with Gasteiger partial charge < -0.3 is 9.84 Å². The first-order chi connectivity index (χ1) is 3.91. The van der Waals surface area contributed by atoms with E-state index in [1.165, 1.54) is 6.26 Å². The van der Waals surface area contributed by atoms with Gasteiger partial charge in [0.05, 0.1) is 0 Å². The summed E-state index contributed by atoms with van der Waals surface area (Å²) >= 11 is 1.91. The second-order valence-electron chi connectivity index (χ2n) is 0.867. The molecule has 0 aromatic carbocycles. The molecule has 0 saturated heterocycles. The van der Waals surface area contributed by atoms with Gasteiger partial charge in [0, 0.05) is 22.6 Å². The minimum absolute atomic E-state index is 0.333. The topological polar surface area (TPSA) is 29.5 Å². The number of rotatable bonds is 2. The molecule has 2 nitrogen and oxygen atoms in total. The van der Waals surface area contributed by atoms with Crippen LogP contribution in [0.4, 0.5) is 0 Å². The highest BCUT2D eigenvalue weighted by Gasteiger charge is 1.67. The molecular weight excluding hydrogens is 219 g/mol. The van der Waals surface area contributed by atoms with Gasteiger partial charge in [-0.1, -0.05) is 5.92 Å². The van der Waals surface area contributed by atoms with Crippen LogP contribution in [0.3, 0.4) is 0 Å². The van der Waals surface area contributed by atoms with Crippen molar-refractivity contribution in [2.75, 3.05) is 6.61 Å². The zero-order chi connectivity index (χ0) is 6.24. The SMILES string of the molecule is O/C=C/OCC#CI. The lowest BCUT2D eigenvalue weighted by Crippen LogP contribution is -1.78. The van der Waals surface area contributed by atoms with E-state index in [0.717, 1.165) is 6.26 Å². The van der Waals surface area contributed by atoms with Gasteiger partial charge in [-0.25, -0.2) is 0 Å². The molecule has 0 aliphatic rings. The van der Waals surface area contributed by atoms with Gasteiger partial charge in [-0.05, 0) is 3.93 Å². The monoisotopic (exact) mass is 224 g/mol. The van der Waals surface area contributed by atoms with Gasteiger partial charge in [0.25, 0.3) is 0 Å². The molecule has 0 aliphatic carbocycles. The van der Waals surface area contributed by atoms with Crippen molar-refractivity contribution < 1.29 is 9.84 Å². The lowest BCUT2D eigenvalue weighted by Gasteiger charge is -1.86. The van der Waals surface area contributed by atoms with Crippen molar-refractivity contribution in [3.8, 4) is 9.85 Å². The molecule has 0 amide bonds. The molecule has 0 saturated carbocycles. The molecule has 0 aliphatic heterocycles. The van der Waals surface area contributed by atoms with Gasteiger partial charge in [0.15, 0.2) is 0 Å². The van der Waals surface area contributed by atoms with Gasteiger partial charge in [-0.15, -0.1) is 0 Å². The van der Waals surface area contributed by atoms with Gasteiger partial charge in [-0.3, -0.25) is 0 Å². The lowest BCUT2D eigenvalue weighted by atomic mass is 10.8. The molecule has 0 radical (unpaired) electrons. The summed E-state index contributed by atoms with van der Waals surface area (Å²) in [6.07, 6.45) is 2.01. The van der Waals surface area contributed by atoms with E-state index in [0.29, 0.717) is 6.61 Å². The number of halogens is 1. The van der Waals surface area contributed by atoms with Crippen molar-refractivity contribution in [1.29, 1.82) is 0 Å². The van der Waals surface area contributed by atoms with Gasteiger partial charge >= 0.3 is 0 Å². The van der Waals surface area contributed by atoms with E-state index in [-0.39, 0.29) is 0 Å². The first-order valence-electron chi connectivity index (χ1n) is 1.91. The van der Waals surface area contributed by atoms with Crippen LogP contribution < -0.4 is 0 Å². The Labute approximate surface area is 61.7 Å². The average Bonchev–Trinajstić information content (AvgIpc) is 1.81. The summed E-state index contributed by atoms with van der Waals surface area (Å²) in [4.78, 5) is 0. The zero-order valence-electron chi connectivity index (χ0n) is 4.10. The Bertz CT molecular complexity index is 120. The summed E-state index contributed by atoms with van der Waals surface area (Å²) in [6.45, 7) is 0.333. The van der Waals surface area contributed by atoms with Crippen molar-refractivity contribution in [3.05, 3.63) is 12.5 Å². The molecule has 0 atom stereocenters. The second kappa shape index (κ2) is 6.63. The third kappa shape index (κ3) is 5.63. The van der Waals surface area contributed by atoms with Crippen LogP contribution in [0.25, 0.3) is 0 Å². The third-order valence-electron chi connectivity index (χ3n) is 0.379. The van der Waals surface area contributed by atoms with Gasteiger partial charge in [-0.2, -0.15) is 0 Å². The maximum absolute atomic E-state index is 8.01. The molecular formula is C5H5IO2. The Hall–Kier alpha value is -0.370. The van der Waals surface area contributed by atoms with Crippen LogP contribution in [0.5, 0.6) is 0 Å². The standard InChI is InChI=1S/C5H5IO2/c6-2-1-4-8-5-3-7/h3,5,7H,4H2/b5-3+. The molecule has 0 heterocycles. The van der Waals surface area contributed by atoms with Crippen LogP contribution >= 0.6 is 22.6 Å². The highest BCUT2D eigenvalue weighted by Crippen LogP contribution is 1.75. The van der Waals surface area contributed by atoms with Crippen molar-refractivity contribution >= 4 is 22.6 Å². The Kier molecular flexibility index (Phi) is 6.32. The van der Waals surface area contributed by atoms with Crippen molar-refractivity contribution in [2.45, 2.75) is 0 Å². The fourth-order valence-corrected chi connectivity index (χ4v) is 0.316.